The number of amides is 3. The average Bonchev–Trinajstić information content (AvgIpc) is 3.82. The van der Waals surface area contributed by atoms with Crippen molar-refractivity contribution in [3.63, 3.8) is 0 Å². The Labute approximate surface area is 302 Å². The van der Waals surface area contributed by atoms with Gasteiger partial charge < -0.3 is 30.2 Å². The van der Waals surface area contributed by atoms with E-state index in [9.17, 15) is 34.7 Å². The number of nitro benzene ring substituents is 1. The van der Waals surface area contributed by atoms with Gasteiger partial charge in [0.25, 0.3) is 17.5 Å². The molecular weight excluding hydrogens is 664 g/mol. The third-order valence-electron chi connectivity index (χ3n) is 11.3. The van der Waals surface area contributed by atoms with Crippen LogP contribution in [0.1, 0.15) is 50.2 Å². The second-order valence-electron chi connectivity index (χ2n) is 14.2. The minimum atomic E-state index is -2.14. The smallest absolute Gasteiger partial charge is 0.269 e. The molecule has 272 valence electrons. The third-order valence-corrected chi connectivity index (χ3v) is 11.3. The first-order valence-corrected chi connectivity index (χ1v) is 17.9. The number of nitro groups is 1. The van der Waals surface area contributed by atoms with Gasteiger partial charge in [0.15, 0.2) is 5.60 Å². The first-order chi connectivity index (χ1) is 25.1. The van der Waals surface area contributed by atoms with Crippen molar-refractivity contribution < 1.29 is 29.5 Å². The zero-order chi connectivity index (χ0) is 36.6. The van der Waals surface area contributed by atoms with Crippen LogP contribution in [0.15, 0.2) is 84.9 Å². The molecule has 13 heteroatoms. The summed E-state index contributed by atoms with van der Waals surface area (Å²) >= 11 is 0. The molecule has 4 heterocycles. The second-order valence-corrected chi connectivity index (χ2v) is 14.2. The van der Waals surface area contributed by atoms with E-state index in [1.54, 1.807) is 28.9 Å². The van der Waals surface area contributed by atoms with Gasteiger partial charge in [0.1, 0.15) is 5.54 Å². The molecule has 0 bridgehead atoms. The molecule has 3 N–H and O–H groups in total. The molecule has 0 radical (unpaired) electrons. The first kappa shape index (κ1) is 35.3. The number of likely N-dealkylation sites (tertiary alicyclic amines) is 1. The number of para-hydroxylation sites is 1. The van der Waals surface area contributed by atoms with E-state index in [1.165, 1.54) is 23.1 Å². The average molecular weight is 709 g/mol. The molecule has 4 aliphatic heterocycles. The molecule has 3 amide bonds. The molecule has 4 aliphatic rings. The van der Waals surface area contributed by atoms with Crippen molar-refractivity contribution in [1.82, 2.24) is 10.2 Å². The van der Waals surface area contributed by atoms with Crippen molar-refractivity contribution in [3.05, 3.63) is 106 Å². The molecule has 3 aromatic rings. The van der Waals surface area contributed by atoms with Gasteiger partial charge in [-0.25, -0.2) is 0 Å². The Bertz CT molecular complexity index is 1900. The largest absolute Gasteiger partial charge is 0.394 e. The Morgan fingerprint density at radius 3 is 2.52 bits per heavy atom. The number of hydrogen-bond donors (Lipinski definition) is 3. The molecule has 3 atom stereocenters. The molecular formula is C39H44N6O7. The van der Waals surface area contributed by atoms with Gasteiger partial charge in [-0.1, -0.05) is 49.4 Å². The highest BCUT2D eigenvalue weighted by Crippen LogP contribution is 2.47. The molecule has 3 fully saturated rings. The van der Waals surface area contributed by atoms with Crippen molar-refractivity contribution in [2.24, 2.45) is 5.92 Å². The van der Waals surface area contributed by atoms with Crippen LogP contribution in [0.4, 0.5) is 22.7 Å². The fourth-order valence-electron chi connectivity index (χ4n) is 8.36. The Balaban J connectivity index is 1.15. The number of non-ortho nitro benzene ring substituents is 1. The standard InChI is InChI=1S/C39H44N6O7/c1-27(8-5-14-35(47)41-21-7-13-32(41)25-46)39(50)33-23-31(45(51)52)15-16-34(33)42(37(39)49)24-28-9-6-12-30(22-28)43-26-44(29-10-3-2-4-11-29)38(36(43)48)17-19-40-20-18-38/h2-6,8-12,15-16,22-23,27,32,40,46,50H,7,13-14,17-21,24-26H2,1H3/b8-5+/t27-,32-,39+/m0/s1. The fourth-order valence-corrected chi connectivity index (χ4v) is 8.36. The zero-order valence-corrected chi connectivity index (χ0v) is 29.2. The zero-order valence-electron chi connectivity index (χ0n) is 29.2. The molecule has 7 rings (SSSR count). The summed E-state index contributed by atoms with van der Waals surface area (Å²) in [7, 11) is 0. The lowest BCUT2D eigenvalue weighted by molar-refractivity contribution is -0.385. The van der Waals surface area contributed by atoms with E-state index in [2.05, 4.69) is 10.2 Å². The topological polar surface area (TPSA) is 160 Å². The van der Waals surface area contributed by atoms with Gasteiger partial charge in [0.2, 0.25) is 5.91 Å². The molecule has 3 aromatic carbocycles. The summed E-state index contributed by atoms with van der Waals surface area (Å²) in [6.07, 6.45) is 6.13. The van der Waals surface area contributed by atoms with Gasteiger partial charge in [-0.05, 0) is 74.7 Å². The Kier molecular flexibility index (Phi) is 9.59. The van der Waals surface area contributed by atoms with Crippen LogP contribution < -0.4 is 20.0 Å². The molecule has 52 heavy (non-hydrogen) atoms. The Morgan fingerprint density at radius 2 is 1.79 bits per heavy atom. The molecule has 0 aliphatic carbocycles. The summed E-state index contributed by atoms with van der Waals surface area (Å²) in [4.78, 5) is 59.7. The number of piperidine rings is 1. The highest BCUT2D eigenvalue weighted by Gasteiger charge is 2.54. The van der Waals surface area contributed by atoms with E-state index in [-0.39, 0.29) is 48.7 Å². The molecule has 0 aromatic heterocycles. The van der Waals surface area contributed by atoms with E-state index in [1.807, 2.05) is 54.6 Å². The summed E-state index contributed by atoms with van der Waals surface area (Å²) in [6, 6.07) is 21.2. The highest BCUT2D eigenvalue weighted by atomic mass is 16.6. The number of carbonyl (C=O) groups excluding carboxylic acids is 3. The maximum atomic E-state index is 14.3. The van der Waals surface area contributed by atoms with E-state index < -0.39 is 27.9 Å². The first-order valence-electron chi connectivity index (χ1n) is 17.9. The van der Waals surface area contributed by atoms with Crippen LogP contribution in [-0.4, -0.2) is 82.2 Å². The van der Waals surface area contributed by atoms with Crippen molar-refractivity contribution in [2.75, 3.05) is 47.6 Å². The van der Waals surface area contributed by atoms with Crippen LogP contribution in [0.25, 0.3) is 0 Å². The lowest BCUT2D eigenvalue weighted by Crippen LogP contribution is -2.55. The number of aliphatic hydroxyl groups is 2. The minimum absolute atomic E-state index is 0.0231. The van der Waals surface area contributed by atoms with Crippen molar-refractivity contribution in [2.45, 2.75) is 62.8 Å². The Morgan fingerprint density at radius 1 is 1.04 bits per heavy atom. The summed E-state index contributed by atoms with van der Waals surface area (Å²) in [6.45, 7) is 3.98. The van der Waals surface area contributed by atoms with E-state index in [4.69, 9.17) is 0 Å². The van der Waals surface area contributed by atoms with Gasteiger partial charge in [0, 0.05) is 48.0 Å². The Hall–Kier alpha value is -5.11. The van der Waals surface area contributed by atoms with E-state index >= 15 is 0 Å². The van der Waals surface area contributed by atoms with Crippen LogP contribution in [-0.2, 0) is 26.5 Å². The predicted molar refractivity (Wildman–Crippen MR) is 195 cm³/mol. The number of anilines is 3. The lowest BCUT2D eigenvalue weighted by Gasteiger charge is -2.39. The third kappa shape index (κ3) is 6.02. The molecule has 1 spiro atoms. The van der Waals surface area contributed by atoms with E-state index in [0.717, 1.165) is 31.6 Å². The van der Waals surface area contributed by atoms with Crippen LogP contribution in [0, 0.1) is 16.0 Å². The highest BCUT2D eigenvalue weighted by molar-refractivity contribution is 6.08. The number of carbonyl (C=O) groups is 3. The maximum absolute atomic E-state index is 14.3. The number of benzene rings is 3. The normalized spacial score (nSPS) is 23.2. The van der Waals surface area contributed by atoms with Crippen LogP contribution in [0.3, 0.4) is 0 Å². The van der Waals surface area contributed by atoms with Crippen molar-refractivity contribution in [1.29, 1.82) is 0 Å². The summed E-state index contributed by atoms with van der Waals surface area (Å²) in [5.41, 5.74) is -0.233. The summed E-state index contributed by atoms with van der Waals surface area (Å²) < 4.78 is 0. The van der Waals surface area contributed by atoms with Crippen LogP contribution in [0.5, 0.6) is 0 Å². The SMILES string of the molecule is C[C@@H](/C=C/CC(=O)N1CCC[C@H]1CO)[C@]1(O)C(=O)N(Cc2cccc(N3CN(c4ccccc4)C4(CCNCC4)C3=O)c2)c2ccc([N+](=O)[O-])cc21. The fraction of sp³-hybridized carbons (Fsp3) is 0.410. The van der Waals surface area contributed by atoms with Gasteiger partial charge in [-0.2, -0.15) is 0 Å². The summed E-state index contributed by atoms with van der Waals surface area (Å²) in [5.74, 6) is -1.62. The number of hydrogen-bond acceptors (Lipinski definition) is 9. The molecule has 0 saturated carbocycles. The van der Waals surface area contributed by atoms with Crippen molar-refractivity contribution in [3.8, 4) is 0 Å². The van der Waals surface area contributed by atoms with Gasteiger partial charge in [0.05, 0.1) is 36.5 Å². The van der Waals surface area contributed by atoms with Crippen LogP contribution in [0.2, 0.25) is 0 Å². The minimum Gasteiger partial charge on any atom is -0.394 e. The number of rotatable bonds is 10. The summed E-state index contributed by atoms with van der Waals surface area (Å²) in [5, 5.41) is 37.0. The van der Waals surface area contributed by atoms with E-state index in [0.29, 0.717) is 43.0 Å². The number of fused-ring (bicyclic) bond motifs is 1. The quantitative estimate of drug-likeness (QED) is 0.162. The monoisotopic (exact) mass is 708 g/mol. The predicted octanol–water partition coefficient (Wildman–Crippen LogP) is 3.83. The number of nitrogens with one attached hydrogen (secondary N) is 1. The van der Waals surface area contributed by atoms with Gasteiger partial charge in [-0.3, -0.25) is 29.4 Å². The van der Waals surface area contributed by atoms with Crippen molar-refractivity contribution >= 4 is 40.5 Å². The maximum Gasteiger partial charge on any atom is 0.269 e. The van der Waals surface area contributed by atoms with Gasteiger partial charge in [-0.15, -0.1) is 0 Å². The molecule has 3 saturated heterocycles. The van der Waals surface area contributed by atoms with Crippen LogP contribution >= 0.6 is 0 Å². The number of nitrogens with zero attached hydrogens (tertiary/aromatic N) is 5. The molecule has 13 nitrogen and oxygen atoms in total. The van der Waals surface area contributed by atoms with Gasteiger partial charge >= 0.3 is 0 Å². The second kappa shape index (κ2) is 14.1. The lowest BCUT2D eigenvalue weighted by atomic mass is 9.82. The number of aliphatic hydroxyl groups excluding tert-OH is 1. The molecule has 0 unspecified atom stereocenters.